The number of ether oxygens (including phenoxy) is 1. The van der Waals surface area contributed by atoms with Gasteiger partial charge in [-0.05, 0) is 45.0 Å². The van der Waals surface area contributed by atoms with Gasteiger partial charge in [-0.2, -0.15) is 0 Å². The molecule has 1 aromatic rings. The van der Waals surface area contributed by atoms with E-state index in [0.717, 1.165) is 25.1 Å². The van der Waals surface area contributed by atoms with E-state index in [1.165, 1.54) is 20.0 Å². The van der Waals surface area contributed by atoms with Crippen molar-refractivity contribution in [1.29, 1.82) is 0 Å². The van der Waals surface area contributed by atoms with Crippen LogP contribution in [0.2, 0.25) is 0 Å². The number of nitrogens with zero attached hydrogens (tertiary/aromatic N) is 1. The lowest BCUT2D eigenvalue weighted by atomic mass is 9.97. The maximum Gasteiger partial charge on any atom is 0.314 e. The predicted octanol–water partition coefficient (Wildman–Crippen LogP) is 2.02. The van der Waals surface area contributed by atoms with Gasteiger partial charge in [-0.25, -0.2) is 0 Å². The molecule has 0 radical (unpaired) electrons. The lowest BCUT2D eigenvalue weighted by Gasteiger charge is -2.30. The lowest BCUT2D eigenvalue weighted by molar-refractivity contribution is -0.143. The Morgan fingerprint density at radius 3 is 2.81 bits per heavy atom. The van der Waals surface area contributed by atoms with Crippen LogP contribution in [0, 0.1) is 0 Å². The highest BCUT2D eigenvalue weighted by Crippen LogP contribution is 2.21. The molecule has 1 aromatic carbocycles. The molecule has 0 saturated carbocycles. The van der Waals surface area contributed by atoms with E-state index in [1.54, 1.807) is 0 Å². The molecule has 2 unspecified atom stereocenters. The fourth-order valence-electron chi connectivity index (χ4n) is 3.02. The molecular formula is C17H26N2O2. The number of likely N-dealkylation sites (N-methyl/N-ethyl adjacent to an activating group) is 1. The second-order valence-corrected chi connectivity index (χ2v) is 5.76. The molecule has 1 aliphatic rings. The van der Waals surface area contributed by atoms with Gasteiger partial charge in [0, 0.05) is 12.6 Å². The van der Waals surface area contributed by atoms with Gasteiger partial charge in [-0.1, -0.05) is 30.3 Å². The molecule has 1 heterocycles. The van der Waals surface area contributed by atoms with Crippen LogP contribution in [-0.2, 0) is 9.53 Å². The third kappa shape index (κ3) is 4.55. The first kappa shape index (κ1) is 16.0. The molecule has 0 spiro atoms. The molecule has 0 aromatic heterocycles. The molecule has 1 saturated heterocycles. The van der Waals surface area contributed by atoms with Crippen molar-refractivity contribution in [1.82, 2.24) is 10.2 Å². The van der Waals surface area contributed by atoms with Crippen molar-refractivity contribution in [2.45, 2.75) is 31.2 Å². The van der Waals surface area contributed by atoms with Crippen LogP contribution in [0.5, 0.6) is 0 Å². The first-order valence-corrected chi connectivity index (χ1v) is 7.76. The summed E-state index contributed by atoms with van der Waals surface area (Å²) in [6.45, 7) is 2.87. The van der Waals surface area contributed by atoms with Gasteiger partial charge in [0.25, 0.3) is 0 Å². The van der Waals surface area contributed by atoms with Crippen LogP contribution in [-0.4, -0.2) is 50.7 Å². The summed E-state index contributed by atoms with van der Waals surface area (Å²) in [4.78, 5) is 14.5. The van der Waals surface area contributed by atoms with E-state index in [1.807, 2.05) is 30.3 Å². The lowest BCUT2D eigenvalue weighted by Crippen LogP contribution is -2.37. The van der Waals surface area contributed by atoms with Crippen molar-refractivity contribution in [2.24, 2.45) is 0 Å². The van der Waals surface area contributed by atoms with Crippen LogP contribution in [0.4, 0.5) is 0 Å². The SMILES string of the molecule is COC(=O)C(CN(C)C1CCCNCC1)c1ccccc1. The molecule has 1 N–H and O–H groups in total. The van der Waals surface area contributed by atoms with Gasteiger partial charge in [0.05, 0.1) is 13.0 Å². The minimum atomic E-state index is -0.211. The minimum Gasteiger partial charge on any atom is -0.469 e. The van der Waals surface area contributed by atoms with E-state index in [2.05, 4.69) is 17.3 Å². The Balaban J connectivity index is 2.05. The smallest absolute Gasteiger partial charge is 0.314 e. The molecule has 0 amide bonds. The third-order valence-electron chi connectivity index (χ3n) is 4.33. The Morgan fingerprint density at radius 2 is 2.10 bits per heavy atom. The molecular weight excluding hydrogens is 264 g/mol. The van der Waals surface area contributed by atoms with E-state index in [4.69, 9.17) is 4.74 Å². The largest absolute Gasteiger partial charge is 0.469 e. The Kier molecular flexibility index (Phi) is 6.21. The third-order valence-corrected chi connectivity index (χ3v) is 4.33. The van der Waals surface area contributed by atoms with Crippen LogP contribution in [0.3, 0.4) is 0 Å². The van der Waals surface area contributed by atoms with Crippen LogP contribution >= 0.6 is 0 Å². The minimum absolute atomic E-state index is 0.153. The molecule has 1 aliphatic heterocycles. The summed E-state index contributed by atoms with van der Waals surface area (Å²) < 4.78 is 5.00. The van der Waals surface area contributed by atoms with Gasteiger partial charge in [0.1, 0.15) is 0 Å². The quantitative estimate of drug-likeness (QED) is 0.842. The van der Waals surface area contributed by atoms with Crippen LogP contribution in [0.15, 0.2) is 30.3 Å². The number of rotatable bonds is 5. The van der Waals surface area contributed by atoms with Crippen LogP contribution in [0.25, 0.3) is 0 Å². The fraction of sp³-hybridized carbons (Fsp3) is 0.588. The predicted molar refractivity (Wildman–Crippen MR) is 84.3 cm³/mol. The zero-order chi connectivity index (χ0) is 15.1. The monoisotopic (exact) mass is 290 g/mol. The Bertz CT molecular complexity index is 428. The highest BCUT2D eigenvalue weighted by atomic mass is 16.5. The molecule has 4 heteroatoms. The summed E-state index contributed by atoms with van der Waals surface area (Å²) in [5.41, 5.74) is 1.03. The number of nitrogens with one attached hydrogen (secondary N) is 1. The number of hydrogen-bond acceptors (Lipinski definition) is 4. The highest BCUT2D eigenvalue weighted by molar-refractivity contribution is 5.78. The molecule has 1 fully saturated rings. The molecule has 0 bridgehead atoms. The summed E-state index contributed by atoms with van der Waals surface area (Å²) in [6.07, 6.45) is 3.52. The summed E-state index contributed by atoms with van der Waals surface area (Å²) in [6, 6.07) is 10.5. The summed E-state index contributed by atoms with van der Waals surface area (Å²) in [7, 11) is 3.59. The second-order valence-electron chi connectivity index (χ2n) is 5.76. The Hall–Kier alpha value is -1.39. The molecule has 21 heavy (non-hydrogen) atoms. The zero-order valence-electron chi connectivity index (χ0n) is 13.0. The van der Waals surface area contributed by atoms with Gasteiger partial charge < -0.3 is 15.0 Å². The molecule has 4 nitrogen and oxygen atoms in total. The van der Waals surface area contributed by atoms with Crippen molar-refractivity contribution in [3.8, 4) is 0 Å². The van der Waals surface area contributed by atoms with Crippen molar-refractivity contribution < 1.29 is 9.53 Å². The van der Waals surface area contributed by atoms with Crippen molar-refractivity contribution in [2.75, 3.05) is 33.8 Å². The van der Waals surface area contributed by atoms with Gasteiger partial charge in [-0.15, -0.1) is 0 Å². The summed E-state index contributed by atoms with van der Waals surface area (Å²) in [5, 5.41) is 3.43. The zero-order valence-corrected chi connectivity index (χ0v) is 13.0. The Labute approximate surface area is 127 Å². The number of carbonyl (C=O) groups is 1. The van der Waals surface area contributed by atoms with Crippen molar-refractivity contribution in [3.05, 3.63) is 35.9 Å². The Morgan fingerprint density at radius 1 is 1.33 bits per heavy atom. The number of hydrogen-bond donors (Lipinski definition) is 1. The van der Waals surface area contributed by atoms with Crippen molar-refractivity contribution >= 4 is 5.97 Å². The molecule has 2 atom stereocenters. The maximum absolute atomic E-state index is 12.1. The van der Waals surface area contributed by atoms with Crippen LogP contribution in [0.1, 0.15) is 30.7 Å². The molecule has 116 valence electrons. The molecule has 0 aliphatic carbocycles. The number of esters is 1. The first-order chi connectivity index (χ1) is 10.2. The van der Waals surface area contributed by atoms with Crippen molar-refractivity contribution in [3.63, 3.8) is 0 Å². The normalized spacial score (nSPS) is 20.8. The van der Waals surface area contributed by atoms with E-state index < -0.39 is 0 Å². The second kappa shape index (κ2) is 8.15. The van der Waals surface area contributed by atoms with E-state index in [0.29, 0.717) is 12.6 Å². The fourth-order valence-corrected chi connectivity index (χ4v) is 3.02. The summed E-state index contributed by atoms with van der Waals surface area (Å²) >= 11 is 0. The number of carbonyl (C=O) groups excluding carboxylic acids is 1. The highest BCUT2D eigenvalue weighted by Gasteiger charge is 2.26. The standard InChI is InChI=1S/C17H26N2O2/c1-19(15-9-6-11-18-12-10-15)13-16(17(20)21-2)14-7-4-3-5-8-14/h3-5,7-8,15-16,18H,6,9-13H2,1-2H3. The number of methoxy groups -OCH3 is 1. The summed E-state index contributed by atoms with van der Waals surface area (Å²) in [5.74, 6) is -0.364. The van der Waals surface area contributed by atoms with Gasteiger partial charge in [0.2, 0.25) is 0 Å². The van der Waals surface area contributed by atoms with Crippen LogP contribution < -0.4 is 5.32 Å². The van der Waals surface area contributed by atoms with E-state index >= 15 is 0 Å². The van der Waals surface area contributed by atoms with E-state index in [9.17, 15) is 4.79 Å². The number of benzene rings is 1. The van der Waals surface area contributed by atoms with Gasteiger partial charge in [-0.3, -0.25) is 4.79 Å². The topological polar surface area (TPSA) is 41.6 Å². The first-order valence-electron chi connectivity index (χ1n) is 7.76. The average molecular weight is 290 g/mol. The average Bonchev–Trinajstić information content (AvgIpc) is 2.82. The van der Waals surface area contributed by atoms with Gasteiger partial charge in [0.15, 0.2) is 0 Å². The molecule has 2 rings (SSSR count). The van der Waals surface area contributed by atoms with Gasteiger partial charge >= 0.3 is 5.97 Å². The maximum atomic E-state index is 12.1. The van der Waals surface area contributed by atoms with E-state index in [-0.39, 0.29) is 11.9 Å².